The monoisotopic (exact) mass is 554 g/mol. The van der Waals surface area contributed by atoms with Crippen molar-refractivity contribution in [3.8, 4) is 0 Å². The normalized spacial score (nSPS) is 16.5. The van der Waals surface area contributed by atoms with Crippen molar-refractivity contribution in [3.05, 3.63) is 156 Å². The van der Waals surface area contributed by atoms with Gasteiger partial charge in [0.15, 0.2) is 4.80 Å². The van der Waals surface area contributed by atoms with Crippen LogP contribution < -0.4 is 14.9 Å². The maximum atomic E-state index is 14.3. The van der Waals surface area contributed by atoms with Crippen LogP contribution in [-0.2, 0) is 6.42 Å². The van der Waals surface area contributed by atoms with Gasteiger partial charge in [0.2, 0.25) is 0 Å². The van der Waals surface area contributed by atoms with Gasteiger partial charge in [-0.3, -0.25) is 9.36 Å². The molecular formula is C35H23ClN2OS. The van der Waals surface area contributed by atoms with E-state index in [4.69, 9.17) is 16.6 Å². The minimum Gasteiger partial charge on any atom is -0.272 e. The lowest BCUT2D eigenvalue weighted by molar-refractivity contribution is 0.585. The SMILES string of the molecule is O=c1/c(=C\c2c3ccccc3cc3ccccc23)sc2n1[C@H](c1ccc(Cl)cc1)C1=C(N=2)c2ccccc2CC1. The molecule has 0 saturated heterocycles. The Morgan fingerprint density at radius 1 is 0.825 bits per heavy atom. The molecular weight excluding hydrogens is 532 g/mol. The molecule has 0 amide bonds. The van der Waals surface area contributed by atoms with Crippen LogP contribution in [0.4, 0.5) is 0 Å². The van der Waals surface area contributed by atoms with E-state index in [1.54, 1.807) is 0 Å². The van der Waals surface area contributed by atoms with Crippen LogP contribution in [0.25, 0.3) is 33.3 Å². The molecule has 1 aromatic heterocycles. The minimum absolute atomic E-state index is 0.00822. The minimum atomic E-state index is -0.219. The molecule has 6 aromatic rings. The summed E-state index contributed by atoms with van der Waals surface area (Å²) in [4.78, 5) is 20.2. The first kappa shape index (κ1) is 23.6. The van der Waals surface area contributed by atoms with Gasteiger partial charge in [0, 0.05) is 10.6 Å². The number of benzene rings is 5. The van der Waals surface area contributed by atoms with Crippen LogP contribution in [0, 0.1) is 0 Å². The lowest BCUT2D eigenvalue weighted by atomic mass is 9.83. The summed E-state index contributed by atoms with van der Waals surface area (Å²) in [7, 11) is 0. The third-order valence-corrected chi connectivity index (χ3v) is 9.38. The standard InChI is InChI=1S/C35H23ClN2OS/c36-25-16-13-22(14-17-25)33-29-18-15-21-7-1-6-12-28(21)32(29)37-35-38(33)34(39)31(40-35)20-30-26-10-4-2-8-23(26)19-24-9-3-5-11-27(24)30/h1-14,16-17,19-20,33H,15,18H2/b31-20+/t33-/m1/s1. The molecule has 5 aromatic carbocycles. The number of aryl methyl sites for hydroxylation is 1. The van der Waals surface area contributed by atoms with E-state index >= 15 is 0 Å². The topological polar surface area (TPSA) is 34.4 Å². The molecule has 0 radical (unpaired) electrons. The van der Waals surface area contributed by atoms with Gasteiger partial charge in [-0.15, -0.1) is 0 Å². The summed E-state index contributed by atoms with van der Waals surface area (Å²) < 4.78 is 2.59. The Morgan fingerprint density at radius 3 is 2.25 bits per heavy atom. The quantitative estimate of drug-likeness (QED) is 0.207. The number of rotatable bonds is 2. The number of hydrogen-bond donors (Lipinski definition) is 0. The van der Waals surface area contributed by atoms with Crippen LogP contribution in [0.3, 0.4) is 0 Å². The van der Waals surface area contributed by atoms with E-state index in [1.807, 2.05) is 28.8 Å². The van der Waals surface area contributed by atoms with Gasteiger partial charge in [-0.1, -0.05) is 108 Å². The molecule has 1 aliphatic heterocycles. The molecule has 0 fully saturated rings. The summed E-state index contributed by atoms with van der Waals surface area (Å²) in [6, 6.07) is 35.2. The second kappa shape index (κ2) is 9.16. The zero-order valence-corrected chi connectivity index (χ0v) is 23.0. The van der Waals surface area contributed by atoms with Crippen molar-refractivity contribution in [3.63, 3.8) is 0 Å². The highest BCUT2D eigenvalue weighted by Gasteiger charge is 2.32. The Hall–Kier alpha value is -4.25. The number of aromatic nitrogens is 1. The lowest BCUT2D eigenvalue weighted by Gasteiger charge is -2.30. The Kier molecular flexibility index (Phi) is 5.41. The Balaban J connectivity index is 1.43. The largest absolute Gasteiger partial charge is 0.272 e. The van der Waals surface area contributed by atoms with Gasteiger partial charge in [0.1, 0.15) is 0 Å². The maximum Gasteiger partial charge on any atom is 0.271 e. The Labute approximate surface area is 239 Å². The van der Waals surface area contributed by atoms with Crippen LogP contribution in [0.15, 0.2) is 118 Å². The highest BCUT2D eigenvalue weighted by molar-refractivity contribution is 7.07. The van der Waals surface area contributed by atoms with Crippen molar-refractivity contribution >= 4 is 56.3 Å². The maximum absolute atomic E-state index is 14.3. The van der Waals surface area contributed by atoms with E-state index < -0.39 is 0 Å². The lowest BCUT2D eigenvalue weighted by Crippen LogP contribution is -2.38. The average Bonchev–Trinajstić information content (AvgIpc) is 3.30. The number of halogens is 1. The predicted molar refractivity (Wildman–Crippen MR) is 166 cm³/mol. The molecule has 40 heavy (non-hydrogen) atoms. The van der Waals surface area contributed by atoms with E-state index in [-0.39, 0.29) is 11.6 Å². The van der Waals surface area contributed by atoms with Crippen LogP contribution in [0.1, 0.15) is 34.7 Å². The van der Waals surface area contributed by atoms with Crippen molar-refractivity contribution in [2.75, 3.05) is 0 Å². The zero-order chi connectivity index (χ0) is 26.8. The van der Waals surface area contributed by atoms with Gasteiger partial charge in [-0.25, -0.2) is 4.99 Å². The zero-order valence-electron chi connectivity index (χ0n) is 21.5. The van der Waals surface area contributed by atoms with E-state index in [0.717, 1.165) is 56.0 Å². The number of hydrogen-bond acceptors (Lipinski definition) is 3. The first-order chi connectivity index (χ1) is 19.7. The fraction of sp³-hybridized carbons (Fsp3) is 0.0857. The first-order valence-electron chi connectivity index (χ1n) is 13.4. The molecule has 2 heterocycles. The van der Waals surface area contributed by atoms with Crippen LogP contribution >= 0.6 is 22.9 Å². The summed E-state index contributed by atoms with van der Waals surface area (Å²) in [5, 5.41) is 5.27. The first-order valence-corrected chi connectivity index (χ1v) is 14.6. The molecule has 1 atom stereocenters. The van der Waals surface area contributed by atoms with Crippen LogP contribution in [0.2, 0.25) is 5.02 Å². The van der Waals surface area contributed by atoms with E-state index in [9.17, 15) is 4.79 Å². The van der Waals surface area contributed by atoms with Gasteiger partial charge in [-0.05, 0) is 80.9 Å². The van der Waals surface area contributed by atoms with E-state index in [2.05, 4.69) is 84.9 Å². The highest BCUT2D eigenvalue weighted by Crippen LogP contribution is 2.41. The Bertz CT molecular complexity index is 2150. The van der Waals surface area contributed by atoms with Crippen molar-refractivity contribution in [2.45, 2.75) is 18.9 Å². The molecule has 5 heteroatoms. The number of allylic oxidation sites excluding steroid dienone is 1. The predicted octanol–water partition coefficient (Wildman–Crippen LogP) is 7.28. The summed E-state index contributed by atoms with van der Waals surface area (Å²) in [6.07, 6.45) is 3.87. The summed E-state index contributed by atoms with van der Waals surface area (Å²) in [5.41, 5.74) is 6.78. The fourth-order valence-electron chi connectivity index (χ4n) is 6.30. The second-order valence-electron chi connectivity index (χ2n) is 10.4. The Morgan fingerprint density at radius 2 is 1.50 bits per heavy atom. The third kappa shape index (κ3) is 3.64. The highest BCUT2D eigenvalue weighted by atomic mass is 35.5. The van der Waals surface area contributed by atoms with Crippen molar-refractivity contribution < 1.29 is 0 Å². The molecule has 0 saturated carbocycles. The molecule has 3 nitrogen and oxygen atoms in total. The summed E-state index contributed by atoms with van der Waals surface area (Å²) in [5.74, 6) is 0. The van der Waals surface area contributed by atoms with E-state index in [1.165, 1.54) is 28.0 Å². The van der Waals surface area contributed by atoms with Gasteiger partial charge in [0.25, 0.3) is 5.56 Å². The fourth-order valence-corrected chi connectivity index (χ4v) is 7.41. The molecule has 192 valence electrons. The molecule has 0 N–H and O–H groups in total. The molecule has 2 aliphatic rings. The van der Waals surface area contributed by atoms with Crippen molar-refractivity contribution in [1.82, 2.24) is 4.57 Å². The van der Waals surface area contributed by atoms with Gasteiger partial charge in [0.05, 0.1) is 16.3 Å². The summed E-state index contributed by atoms with van der Waals surface area (Å²) in [6.45, 7) is 0. The molecule has 8 rings (SSSR count). The number of thiazole rings is 1. The summed E-state index contributed by atoms with van der Waals surface area (Å²) >= 11 is 7.75. The average molecular weight is 555 g/mol. The van der Waals surface area contributed by atoms with Crippen molar-refractivity contribution in [1.29, 1.82) is 0 Å². The van der Waals surface area contributed by atoms with Crippen LogP contribution in [0.5, 0.6) is 0 Å². The smallest absolute Gasteiger partial charge is 0.271 e. The molecule has 0 unspecified atom stereocenters. The number of fused-ring (bicyclic) bond motifs is 5. The molecule has 0 bridgehead atoms. The van der Waals surface area contributed by atoms with Crippen molar-refractivity contribution in [2.24, 2.45) is 4.99 Å². The van der Waals surface area contributed by atoms with Crippen LogP contribution in [-0.4, -0.2) is 4.57 Å². The second-order valence-corrected chi connectivity index (χ2v) is 11.8. The molecule has 1 aliphatic carbocycles. The van der Waals surface area contributed by atoms with Gasteiger partial charge in [-0.2, -0.15) is 0 Å². The van der Waals surface area contributed by atoms with Gasteiger partial charge >= 0.3 is 0 Å². The third-order valence-electron chi connectivity index (χ3n) is 8.15. The van der Waals surface area contributed by atoms with E-state index in [0.29, 0.717) is 9.55 Å². The van der Waals surface area contributed by atoms with Gasteiger partial charge < -0.3 is 0 Å². The number of nitrogens with zero attached hydrogens (tertiary/aromatic N) is 2. The molecule has 0 spiro atoms.